The molecular weight excluding hydrogens is 210 g/mol. The first-order chi connectivity index (χ1) is 7.31. The Labute approximate surface area is 96.8 Å². The fourth-order valence-electron chi connectivity index (χ4n) is 1.54. The van der Waals surface area contributed by atoms with E-state index in [2.05, 4.69) is 17.9 Å². The summed E-state index contributed by atoms with van der Waals surface area (Å²) in [6, 6.07) is 8.10. The second-order valence-electron chi connectivity index (χ2n) is 3.37. The van der Waals surface area contributed by atoms with Crippen molar-refractivity contribution in [3.63, 3.8) is 0 Å². The van der Waals surface area contributed by atoms with Crippen LogP contribution >= 0.6 is 11.6 Å². The van der Waals surface area contributed by atoms with E-state index < -0.39 is 0 Å². The number of hydrogen-bond donors (Lipinski definition) is 0. The Morgan fingerprint density at radius 2 is 2.07 bits per heavy atom. The zero-order valence-corrected chi connectivity index (χ0v) is 10.1. The van der Waals surface area contributed by atoms with Crippen LogP contribution in [0.3, 0.4) is 0 Å². The van der Waals surface area contributed by atoms with E-state index in [1.54, 1.807) is 7.11 Å². The van der Waals surface area contributed by atoms with Crippen LogP contribution in [0.2, 0.25) is 0 Å². The lowest BCUT2D eigenvalue weighted by Crippen LogP contribution is -2.25. The van der Waals surface area contributed by atoms with Crippen molar-refractivity contribution in [2.24, 2.45) is 0 Å². The first-order valence-electron chi connectivity index (χ1n) is 5.22. The highest BCUT2D eigenvalue weighted by Crippen LogP contribution is 2.18. The summed E-state index contributed by atoms with van der Waals surface area (Å²) in [5.41, 5.74) is 1.21. The Kier molecular flexibility index (Phi) is 5.51. The van der Waals surface area contributed by atoms with Crippen molar-refractivity contribution in [2.45, 2.75) is 13.5 Å². The normalized spacial score (nSPS) is 10.7. The summed E-state index contributed by atoms with van der Waals surface area (Å²) in [4.78, 5) is 2.30. The number of halogens is 1. The molecule has 0 unspecified atom stereocenters. The smallest absolute Gasteiger partial charge is 0.123 e. The Hall–Kier alpha value is -0.730. The second kappa shape index (κ2) is 6.70. The maximum Gasteiger partial charge on any atom is 0.123 e. The molecule has 0 saturated carbocycles. The SMILES string of the molecule is CCN(CCCl)Cc1ccccc1OC. The minimum Gasteiger partial charge on any atom is -0.496 e. The van der Waals surface area contributed by atoms with Crippen LogP contribution < -0.4 is 4.74 Å². The zero-order valence-electron chi connectivity index (χ0n) is 9.37. The summed E-state index contributed by atoms with van der Waals surface area (Å²) in [6.07, 6.45) is 0. The molecule has 0 aromatic heterocycles. The van der Waals surface area contributed by atoms with Crippen LogP contribution in [0, 0.1) is 0 Å². The number of rotatable bonds is 6. The van der Waals surface area contributed by atoms with Gasteiger partial charge in [0.1, 0.15) is 5.75 Å². The van der Waals surface area contributed by atoms with Crippen molar-refractivity contribution in [3.8, 4) is 5.75 Å². The van der Waals surface area contributed by atoms with E-state index in [1.165, 1.54) is 5.56 Å². The van der Waals surface area contributed by atoms with Gasteiger partial charge in [0.2, 0.25) is 0 Å². The van der Waals surface area contributed by atoms with E-state index >= 15 is 0 Å². The molecule has 3 heteroatoms. The van der Waals surface area contributed by atoms with Crippen LogP contribution in [0.15, 0.2) is 24.3 Å². The number of ether oxygens (including phenoxy) is 1. The molecule has 1 aromatic carbocycles. The van der Waals surface area contributed by atoms with Gasteiger partial charge in [-0.3, -0.25) is 4.90 Å². The quantitative estimate of drug-likeness (QED) is 0.693. The lowest BCUT2D eigenvalue weighted by molar-refractivity contribution is 0.291. The topological polar surface area (TPSA) is 12.5 Å². The first-order valence-corrected chi connectivity index (χ1v) is 5.75. The van der Waals surface area contributed by atoms with Gasteiger partial charge in [-0.25, -0.2) is 0 Å². The number of benzene rings is 1. The maximum absolute atomic E-state index is 5.74. The van der Waals surface area contributed by atoms with E-state index in [4.69, 9.17) is 16.3 Å². The Morgan fingerprint density at radius 3 is 2.67 bits per heavy atom. The molecule has 1 rings (SSSR count). The van der Waals surface area contributed by atoms with Crippen LogP contribution in [0.1, 0.15) is 12.5 Å². The molecule has 0 aliphatic carbocycles. The van der Waals surface area contributed by atoms with Gasteiger partial charge >= 0.3 is 0 Å². The van der Waals surface area contributed by atoms with E-state index in [1.807, 2.05) is 18.2 Å². The molecule has 1 aromatic rings. The van der Waals surface area contributed by atoms with Crippen LogP contribution in [-0.2, 0) is 6.54 Å². The van der Waals surface area contributed by atoms with E-state index in [9.17, 15) is 0 Å². The third kappa shape index (κ3) is 3.73. The molecule has 2 nitrogen and oxygen atoms in total. The highest BCUT2D eigenvalue weighted by atomic mass is 35.5. The van der Waals surface area contributed by atoms with Crippen LogP contribution in [-0.4, -0.2) is 31.0 Å². The van der Waals surface area contributed by atoms with E-state index in [-0.39, 0.29) is 0 Å². The molecule has 0 atom stereocenters. The van der Waals surface area contributed by atoms with Gasteiger partial charge in [-0.15, -0.1) is 11.6 Å². The van der Waals surface area contributed by atoms with Gasteiger partial charge in [0.15, 0.2) is 0 Å². The van der Waals surface area contributed by atoms with Gasteiger partial charge < -0.3 is 4.74 Å². The molecule has 15 heavy (non-hydrogen) atoms. The maximum atomic E-state index is 5.74. The first kappa shape index (κ1) is 12.3. The molecule has 0 heterocycles. The predicted molar refractivity (Wildman–Crippen MR) is 64.7 cm³/mol. The van der Waals surface area contributed by atoms with Crippen LogP contribution in [0.5, 0.6) is 5.75 Å². The molecule has 84 valence electrons. The average Bonchev–Trinajstić information content (AvgIpc) is 2.29. The van der Waals surface area contributed by atoms with Crippen molar-refractivity contribution in [1.29, 1.82) is 0 Å². The number of nitrogens with zero attached hydrogens (tertiary/aromatic N) is 1. The standard InChI is InChI=1S/C12H18ClNO/c1-3-14(9-8-13)10-11-6-4-5-7-12(11)15-2/h4-7H,3,8-10H2,1-2H3. The van der Waals surface area contributed by atoms with Crippen molar-refractivity contribution >= 4 is 11.6 Å². The summed E-state index contributed by atoms with van der Waals surface area (Å²) >= 11 is 5.74. The van der Waals surface area contributed by atoms with Gasteiger partial charge in [-0.2, -0.15) is 0 Å². The predicted octanol–water partition coefficient (Wildman–Crippen LogP) is 2.76. The van der Waals surface area contributed by atoms with Gasteiger partial charge in [0, 0.05) is 24.5 Å². The molecule has 0 bridgehead atoms. The van der Waals surface area contributed by atoms with Crippen molar-refractivity contribution in [2.75, 3.05) is 26.1 Å². The summed E-state index contributed by atoms with van der Waals surface area (Å²) in [6.45, 7) is 4.95. The lowest BCUT2D eigenvalue weighted by atomic mass is 10.2. The molecule has 0 aliphatic heterocycles. The molecule has 0 fully saturated rings. The minimum absolute atomic E-state index is 0.670. The number of alkyl halides is 1. The molecule has 0 radical (unpaired) electrons. The Bertz CT molecular complexity index is 291. The molecule has 0 aliphatic rings. The minimum atomic E-state index is 0.670. The number of methoxy groups -OCH3 is 1. The van der Waals surface area contributed by atoms with Gasteiger partial charge in [-0.05, 0) is 12.6 Å². The average molecular weight is 228 g/mol. The lowest BCUT2D eigenvalue weighted by Gasteiger charge is -2.20. The summed E-state index contributed by atoms with van der Waals surface area (Å²) in [7, 11) is 1.71. The molecule has 0 amide bonds. The largest absolute Gasteiger partial charge is 0.496 e. The molecule has 0 N–H and O–H groups in total. The number of para-hydroxylation sites is 1. The van der Waals surface area contributed by atoms with Crippen molar-refractivity contribution in [1.82, 2.24) is 4.90 Å². The number of hydrogen-bond acceptors (Lipinski definition) is 2. The zero-order chi connectivity index (χ0) is 11.1. The summed E-state index contributed by atoms with van der Waals surface area (Å²) in [5, 5.41) is 0. The van der Waals surface area contributed by atoms with E-state index in [0.717, 1.165) is 25.4 Å². The Balaban J connectivity index is 2.69. The second-order valence-corrected chi connectivity index (χ2v) is 3.75. The fraction of sp³-hybridized carbons (Fsp3) is 0.500. The Morgan fingerprint density at radius 1 is 1.33 bits per heavy atom. The van der Waals surface area contributed by atoms with Gasteiger partial charge in [0.25, 0.3) is 0 Å². The van der Waals surface area contributed by atoms with E-state index in [0.29, 0.717) is 5.88 Å². The summed E-state index contributed by atoms with van der Waals surface area (Å²) in [5.74, 6) is 1.62. The van der Waals surface area contributed by atoms with Crippen molar-refractivity contribution in [3.05, 3.63) is 29.8 Å². The molecule has 0 spiro atoms. The third-order valence-corrected chi connectivity index (χ3v) is 2.60. The fourth-order valence-corrected chi connectivity index (χ4v) is 1.78. The van der Waals surface area contributed by atoms with Crippen molar-refractivity contribution < 1.29 is 4.74 Å². The van der Waals surface area contributed by atoms with Gasteiger partial charge in [0.05, 0.1) is 7.11 Å². The van der Waals surface area contributed by atoms with Crippen LogP contribution in [0.25, 0.3) is 0 Å². The van der Waals surface area contributed by atoms with Crippen LogP contribution in [0.4, 0.5) is 0 Å². The highest BCUT2D eigenvalue weighted by Gasteiger charge is 2.06. The third-order valence-electron chi connectivity index (χ3n) is 2.43. The summed E-state index contributed by atoms with van der Waals surface area (Å²) < 4.78 is 5.31. The highest BCUT2D eigenvalue weighted by molar-refractivity contribution is 6.18. The molecule has 0 saturated heterocycles. The monoisotopic (exact) mass is 227 g/mol. The van der Waals surface area contributed by atoms with Gasteiger partial charge in [-0.1, -0.05) is 25.1 Å². The molecular formula is C12H18ClNO.